The molecule has 0 radical (unpaired) electrons. The van der Waals surface area contributed by atoms with E-state index in [2.05, 4.69) is 15.1 Å². The first-order chi connectivity index (χ1) is 8.58. The summed E-state index contributed by atoms with van der Waals surface area (Å²) in [5.74, 6) is 0.818. The Kier molecular flexibility index (Phi) is 3.90. The number of hydrogen-bond acceptors (Lipinski definition) is 6. The molecule has 2 heterocycles. The average molecular weight is 268 g/mol. The maximum Gasteiger partial charge on any atom is 0.259 e. The van der Waals surface area contributed by atoms with Crippen LogP contribution in [0.1, 0.15) is 11.9 Å². The second-order valence-corrected chi connectivity index (χ2v) is 4.59. The quantitative estimate of drug-likeness (QED) is 0.900. The minimum absolute atomic E-state index is 0.293. The second kappa shape index (κ2) is 5.43. The van der Waals surface area contributed by atoms with E-state index in [1.54, 1.807) is 12.3 Å². The van der Waals surface area contributed by atoms with Crippen LogP contribution < -0.4 is 5.73 Å². The van der Waals surface area contributed by atoms with Crippen LogP contribution in [0, 0.1) is 0 Å². The van der Waals surface area contributed by atoms with Gasteiger partial charge < -0.3 is 15.2 Å². The number of nitrogens with two attached hydrogens (primary N) is 1. The van der Waals surface area contributed by atoms with Gasteiger partial charge in [-0.1, -0.05) is 16.8 Å². The lowest BCUT2D eigenvalue weighted by molar-refractivity contribution is 0.357. The Bertz CT molecular complexity index is 528. The highest BCUT2D eigenvalue weighted by molar-refractivity contribution is 6.32. The van der Waals surface area contributed by atoms with E-state index in [-0.39, 0.29) is 6.04 Å². The van der Waals surface area contributed by atoms with Crippen molar-refractivity contribution < 1.29 is 4.52 Å². The fourth-order valence-corrected chi connectivity index (χ4v) is 1.72. The maximum absolute atomic E-state index is 6.00. The molecule has 0 spiro atoms. The zero-order chi connectivity index (χ0) is 13.1. The molecule has 0 fully saturated rings. The van der Waals surface area contributed by atoms with Crippen molar-refractivity contribution in [1.82, 2.24) is 20.0 Å². The normalized spacial score (nSPS) is 12.9. The Morgan fingerprint density at radius 3 is 2.94 bits per heavy atom. The van der Waals surface area contributed by atoms with E-state index in [0.29, 0.717) is 28.8 Å². The lowest BCUT2D eigenvalue weighted by Gasteiger charge is -2.12. The van der Waals surface area contributed by atoms with E-state index in [9.17, 15) is 0 Å². The fourth-order valence-electron chi connectivity index (χ4n) is 1.52. The Morgan fingerprint density at radius 2 is 2.28 bits per heavy atom. The molecule has 0 aliphatic carbocycles. The third kappa shape index (κ3) is 2.84. The number of pyridine rings is 1. The lowest BCUT2D eigenvalue weighted by Crippen LogP contribution is -2.26. The number of nitrogens with zero attached hydrogens (tertiary/aromatic N) is 4. The summed E-state index contributed by atoms with van der Waals surface area (Å²) in [5, 5.41) is 4.34. The van der Waals surface area contributed by atoms with Crippen LogP contribution in [0.25, 0.3) is 11.5 Å². The molecule has 2 N–H and O–H groups in total. The number of rotatable bonds is 4. The first kappa shape index (κ1) is 12.9. The van der Waals surface area contributed by atoms with Crippen molar-refractivity contribution in [2.75, 3.05) is 20.6 Å². The van der Waals surface area contributed by atoms with Gasteiger partial charge in [-0.25, -0.2) is 0 Å². The largest absolute Gasteiger partial charge is 0.334 e. The maximum atomic E-state index is 6.00. The predicted octanol–water partition coefficient (Wildman–Crippen LogP) is 1.35. The highest BCUT2D eigenvalue weighted by Gasteiger charge is 2.17. The van der Waals surface area contributed by atoms with Crippen LogP contribution in [0.15, 0.2) is 23.0 Å². The van der Waals surface area contributed by atoms with Gasteiger partial charge in [0.25, 0.3) is 5.89 Å². The van der Waals surface area contributed by atoms with Gasteiger partial charge >= 0.3 is 0 Å². The van der Waals surface area contributed by atoms with Crippen molar-refractivity contribution in [3.8, 4) is 11.5 Å². The molecule has 7 heteroatoms. The summed E-state index contributed by atoms with van der Waals surface area (Å²) in [6.07, 6.45) is 3.14. The van der Waals surface area contributed by atoms with Crippen LogP contribution in [-0.2, 0) is 0 Å². The van der Waals surface area contributed by atoms with Crippen molar-refractivity contribution in [1.29, 1.82) is 0 Å². The summed E-state index contributed by atoms with van der Waals surface area (Å²) in [7, 11) is 3.86. The molecule has 2 aromatic heterocycles. The van der Waals surface area contributed by atoms with Crippen molar-refractivity contribution in [3.63, 3.8) is 0 Å². The van der Waals surface area contributed by atoms with Crippen molar-refractivity contribution >= 4 is 11.6 Å². The van der Waals surface area contributed by atoms with E-state index < -0.39 is 0 Å². The Morgan fingerprint density at radius 1 is 1.50 bits per heavy atom. The number of likely N-dealkylation sites (N-methyl/N-ethyl adjacent to an activating group) is 1. The first-order valence-corrected chi connectivity index (χ1v) is 5.79. The van der Waals surface area contributed by atoms with Crippen LogP contribution in [0.2, 0.25) is 5.02 Å². The minimum atomic E-state index is -0.293. The van der Waals surface area contributed by atoms with Gasteiger partial charge in [0.1, 0.15) is 0 Å². The molecule has 6 nitrogen and oxygen atoms in total. The SMILES string of the molecule is CN(C)CC(N)c1noc(-c2ccncc2Cl)n1. The predicted molar refractivity (Wildman–Crippen MR) is 68.0 cm³/mol. The van der Waals surface area contributed by atoms with Gasteiger partial charge in [-0.05, 0) is 20.2 Å². The van der Waals surface area contributed by atoms with Gasteiger partial charge in [0.2, 0.25) is 0 Å². The third-order valence-electron chi connectivity index (χ3n) is 2.34. The molecule has 0 saturated heterocycles. The van der Waals surface area contributed by atoms with Gasteiger partial charge in [-0.15, -0.1) is 0 Å². The van der Waals surface area contributed by atoms with Gasteiger partial charge in [-0.3, -0.25) is 4.98 Å². The standard InChI is InChI=1S/C11H14ClN5O/c1-17(2)6-9(13)10-15-11(18-16-10)7-3-4-14-5-8(7)12/h3-5,9H,6,13H2,1-2H3. The third-order valence-corrected chi connectivity index (χ3v) is 2.64. The summed E-state index contributed by atoms with van der Waals surface area (Å²) in [4.78, 5) is 10.1. The molecule has 2 rings (SSSR count). The fraction of sp³-hybridized carbons (Fsp3) is 0.364. The second-order valence-electron chi connectivity index (χ2n) is 4.18. The molecule has 0 saturated carbocycles. The molecule has 0 aliphatic rings. The molecule has 0 aliphatic heterocycles. The molecule has 1 unspecified atom stereocenters. The monoisotopic (exact) mass is 267 g/mol. The number of hydrogen-bond donors (Lipinski definition) is 1. The molecule has 96 valence electrons. The molecule has 1 atom stereocenters. The van der Waals surface area contributed by atoms with Gasteiger partial charge in [0.15, 0.2) is 5.82 Å². The Balaban J connectivity index is 2.23. The molecule has 0 amide bonds. The number of aromatic nitrogens is 3. The smallest absolute Gasteiger partial charge is 0.259 e. The number of halogens is 1. The van der Waals surface area contributed by atoms with Gasteiger partial charge in [0, 0.05) is 18.9 Å². The topological polar surface area (TPSA) is 81.1 Å². The Hall–Kier alpha value is -1.50. The summed E-state index contributed by atoms with van der Waals surface area (Å²) in [5.41, 5.74) is 6.61. The zero-order valence-corrected chi connectivity index (χ0v) is 10.9. The summed E-state index contributed by atoms with van der Waals surface area (Å²) < 4.78 is 5.16. The van der Waals surface area contributed by atoms with E-state index in [4.69, 9.17) is 21.9 Å². The van der Waals surface area contributed by atoms with E-state index >= 15 is 0 Å². The summed E-state index contributed by atoms with van der Waals surface area (Å²) in [6, 6.07) is 1.43. The zero-order valence-electron chi connectivity index (χ0n) is 10.2. The van der Waals surface area contributed by atoms with Crippen LogP contribution in [0.5, 0.6) is 0 Å². The van der Waals surface area contributed by atoms with Crippen LogP contribution in [0.3, 0.4) is 0 Å². The Labute approximate surface area is 110 Å². The molecule has 0 bridgehead atoms. The first-order valence-electron chi connectivity index (χ1n) is 5.41. The van der Waals surface area contributed by atoms with Gasteiger partial charge in [0.05, 0.1) is 16.6 Å². The van der Waals surface area contributed by atoms with E-state index in [1.807, 2.05) is 19.0 Å². The lowest BCUT2D eigenvalue weighted by atomic mass is 10.2. The average Bonchev–Trinajstić information content (AvgIpc) is 2.78. The molecule has 0 aromatic carbocycles. The van der Waals surface area contributed by atoms with Crippen LogP contribution >= 0.6 is 11.6 Å². The van der Waals surface area contributed by atoms with E-state index in [1.165, 1.54) is 6.20 Å². The van der Waals surface area contributed by atoms with Crippen molar-refractivity contribution in [2.45, 2.75) is 6.04 Å². The van der Waals surface area contributed by atoms with Crippen LogP contribution in [-0.4, -0.2) is 40.7 Å². The summed E-state index contributed by atoms with van der Waals surface area (Å²) in [6.45, 7) is 0.642. The molecule has 18 heavy (non-hydrogen) atoms. The highest BCUT2D eigenvalue weighted by atomic mass is 35.5. The molecular formula is C11H14ClN5O. The minimum Gasteiger partial charge on any atom is -0.334 e. The highest BCUT2D eigenvalue weighted by Crippen LogP contribution is 2.25. The van der Waals surface area contributed by atoms with Crippen molar-refractivity contribution in [2.24, 2.45) is 5.73 Å². The molecule has 2 aromatic rings. The summed E-state index contributed by atoms with van der Waals surface area (Å²) >= 11 is 6.00. The van der Waals surface area contributed by atoms with Crippen molar-refractivity contribution in [3.05, 3.63) is 29.3 Å². The molecular weight excluding hydrogens is 254 g/mol. The van der Waals surface area contributed by atoms with E-state index in [0.717, 1.165) is 0 Å². The van der Waals surface area contributed by atoms with Gasteiger partial charge in [-0.2, -0.15) is 4.98 Å². The van der Waals surface area contributed by atoms with Crippen LogP contribution in [0.4, 0.5) is 0 Å².